The van der Waals surface area contributed by atoms with Crippen LogP contribution in [-0.4, -0.2) is 19.0 Å². The molecule has 13 heteroatoms. The minimum Gasteiger partial charge on any atom is -0.452 e. The van der Waals surface area contributed by atoms with E-state index in [-0.39, 0.29) is 61.8 Å². The number of hydrogen-bond donors (Lipinski definition) is 3. The van der Waals surface area contributed by atoms with Gasteiger partial charge in [-0.05, 0) is 48.9 Å². The van der Waals surface area contributed by atoms with Gasteiger partial charge in [-0.25, -0.2) is 4.79 Å². The molecule has 0 saturated carbocycles. The van der Waals surface area contributed by atoms with Crippen molar-refractivity contribution in [3.8, 4) is 11.5 Å². The second-order valence-electron chi connectivity index (χ2n) is 6.44. The second-order valence-corrected chi connectivity index (χ2v) is 9.52. The number of carbonyl (C=O) groups excluding carboxylic acids is 1. The topological polar surface area (TPSA) is 105 Å². The number of aryl methyl sites for hydroxylation is 1. The normalized spacial score (nSPS) is 10.8. The average molecular weight is 559 g/mol. The summed E-state index contributed by atoms with van der Waals surface area (Å²) in [5, 5.41) is 5.59. The molecule has 3 aromatic rings. The van der Waals surface area contributed by atoms with Gasteiger partial charge in [0.15, 0.2) is 11.5 Å². The molecule has 0 atom stereocenters. The van der Waals surface area contributed by atoms with Crippen LogP contribution in [0.2, 0.25) is 20.1 Å². The van der Waals surface area contributed by atoms with Gasteiger partial charge in [-0.15, -0.1) is 0 Å². The van der Waals surface area contributed by atoms with Crippen LogP contribution in [0.25, 0.3) is 0 Å². The number of urea groups is 1. The van der Waals surface area contributed by atoms with Crippen molar-refractivity contribution < 1.29 is 52.1 Å². The van der Waals surface area contributed by atoms with Crippen LogP contribution in [0.5, 0.6) is 11.5 Å². The van der Waals surface area contributed by atoms with Gasteiger partial charge in [-0.3, -0.25) is 4.55 Å². The Balaban J connectivity index is 0.00000385. The fraction of sp³-hybridized carbons (Fsp3) is 0.0500. The van der Waals surface area contributed by atoms with E-state index in [1.807, 2.05) is 0 Å². The minimum absolute atomic E-state index is 0. The van der Waals surface area contributed by atoms with Crippen LogP contribution in [0.4, 0.5) is 16.2 Å². The maximum atomic E-state index is 12.6. The van der Waals surface area contributed by atoms with Crippen molar-refractivity contribution in [1.29, 1.82) is 0 Å². The molecule has 0 bridgehead atoms. The molecule has 33 heavy (non-hydrogen) atoms. The molecule has 7 nitrogen and oxygen atoms in total. The van der Waals surface area contributed by atoms with Crippen molar-refractivity contribution in [2.24, 2.45) is 0 Å². The number of anilines is 2. The summed E-state index contributed by atoms with van der Waals surface area (Å²) < 4.78 is 38.7. The van der Waals surface area contributed by atoms with Crippen molar-refractivity contribution in [3.63, 3.8) is 0 Å². The van der Waals surface area contributed by atoms with Gasteiger partial charge in [0.25, 0.3) is 10.1 Å². The maximum Gasteiger partial charge on any atom is 1.00 e. The molecule has 3 N–H and O–H groups in total. The van der Waals surface area contributed by atoms with Gasteiger partial charge in [0.1, 0.15) is 4.90 Å². The third-order valence-electron chi connectivity index (χ3n) is 4.11. The van der Waals surface area contributed by atoms with Crippen molar-refractivity contribution >= 4 is 73.9 Å². The molecule has 0 aliphatic heterocycles. The molecule has 0 aliphatic carbocycles. The Hall–Kier alpha value is -1.20. The fourth-order valence-electron chi connectivity index (χ4n) is 2.68. The number of benzene rings is 3. The molecule has 168 valence electrons. The van der Waals surface area contributed by atoms with E-state index in [9.17, 15) is 17.8 Å². The van der Waals surface area contributed by atoms with Crippen molar-refractivity contribution in [3.05, 3.63) is 74.2 Å². The van der Waals surface area contributed by atoms with E-state index >= 15 is 0 Å². The van der Waals surface area contributed by atoms with Crippen LogP contribution < -0.4 is 44.9 Å². The predicted octanol–water partition coefficient (Wildman–Crippen LogP) is 4.30. The maximum absolute atomic E-state index is 12.6. The zero-order valence-electron chi connectivity index (χ0n) is 17.1. The molecule has 0 aliphatic rings. The molecule has 0 fully saturated rings. The minimum atomic E-state index is -4.73. The van der Waals surface area contributed by atoms with Gasteiger partial charge < -0.3 is 15.4 Å². The quantitative estimate of drug-likeness (QED) is 0.320. The first-order valence-corrected chi connectivity index (χ1v) is 11.7. The number of rotatable bonds is 5. The van der Waals surface area contributed by atoms with E-state index < -0.39 is 21.0 Å². The summed E-state index contributed by atoms with van der Waals surface area (Å²) in [6.45, 7) is 1.77. The fourth-order valence-corrected chi connectivity index (χ4v) is 4.44. The van der Waals surface area contributed by atoms with Crippen LogP contribution in [0.15, 0.2) is 53.4 Å². The van der Waals surface area contributed by atoms with Gasteiger partial charge in [-0.1, -0.05) is 58.5 Å². The van der Waals surface area contributed by atoms with E-state index in [0.29, 0.717) is 10.7 Å². The summed E-state index contributed by atoms with van der Waals surface area (Å²) in [5.74, 6) is -0.388. The predicted molar refractivity (Wildman–Crippen MR) is 127 cm³/mol. The third kappa shape index (κ3) is 7.14. The van der Waals surface area contributed by atoms with Crippen LogP contribution in [0.3, 0.4) is 0 Å². The molecule has 3 rings (SSSR count). The van der Waals surface area contributed by atoms with Gasteiger partial charge >= 0.3 is 35.6 Å². The van der Waals surface area contributed by atoms with E-state index in [0.717, 1.165) is 11.6 Å². The standard InChI is InChI=1S/C20H14Cl4N2O5S.Na/c1-10-3-2-4-13(23)18(10)26-20(27)25-15-8-11(21)5-6-16(15)31-19-14(24)7-12(22)9-17(19)32(28,29)30;/h2-9H,1H3,(H2,25,26,27)(H,28,29,30);/q;+1. The molecule has 3 aromatic carbocycles. The Morgan fingerprint density at radius 2 is 1.64 bits per heavy atom. The van der Waals surface area contributed by atoms with Crippen LogP contribution in [0, 0.1) is 6.92 Å². The van der Waals surface area contributed by atoms with Crippen LogP contribution in [0.1, 0.15) is 5.56 Å². The third-order valence-corrected chi connectivity index (χ3v) is 6.02. The van der Waals surface area contributed by atoms with Crippen molar-refractivity contribution in [1.82, 2.24) is 0 Å². The average Bonchev–Trinajstić information content (AvgIpc) is 2.67. The van der Waals surface area contributed by atoms with E-state index in [1.54, 1.807) is 25.1 Å². The number of hydrogen-bond acceptors (Lipinski definition) is 4. The Bertz CT molecular complexity index is 1300. The summed E-state index contributed by atoms with van der Waals surface area (Å²) in [6.07, 6.45) is 0. The number of ether oxygens (including phenoxy) is 1. The Kier molecular flexibility index (Phi) is 9.76. The molecule has 2 amide bonds. The van der Waals surface area contributed by atoms with Gasteiger partial charge in [0.05, 0.1) is 21.4 Å². The van der Waals surface area contributed by atoms with Crippen LogP contribution in [-0.2, 0) is 10.1 Å². The molecule has 0 saturated heterocycles. The van der Waals surface area contributed by atoms with Crippen molar-refractivity contribution in [2.75, 3.05) is 10.6 Å². The SMILES string of the molecule is Cc1cccc(Cl)c1NC(=O)Nc1cc(Cl)ccc1Oc1c(Cl)cc(Cl)cc1S(=O)(=O)O.[Na+]. The van der Waals surface area contributed by atoms with Gasteiger partial charge in [-0.2, -0.15) is 8.42 Å². The molecule has 0 radical (unpaired) electrons. The smallest absolute Gasteiger partial charge is 0.452 e. The molecular formula is C20H14Cl4N2NaO5S+. The van der Waals surface area contributed by atoms with E-state index in [2.05, 4.69) is 10.6 Å². The number of para-hydroxylation sites is 1. The molecule has 0 heterocycles. The van der Waals surface area contributed by atoms with Crippen LogP contribution >= 0.6 is 46.4 Å². The molecule has 0 spiro atoms. The number of halogens is 4. The Morgan fingerprint density at radius 3 is 2.27 bits per heavy atom. The molecule has 0 aromatic heterocycles. The molecular weight excluding hydrogens is 545 g/mol. The zero-order chi connectivity index (χ0) is 23.6. The Morgan fingerprint density at radius 1 is 0.939 bits per heavy atom. The molecule has 0 unspecified atom stereocenters. The largest absolute Gasteiger partial charge is 1.00 e. The number of nitrogens with one attached hydrogen (secondary N) is 2. The van der Waals surface area contributed by atoms with Gasteiger partial charge in [0.2, 0.25) is 0 Å². The first-order valence-electron chi connectivity index (χ1n) is 8.73. The van der Waals surface area contributed by atoms with Crippen molar-refractivity contribution in [2.45, 2.75) is 11.8 Å². The van der Waals surface area contributed by atoms with E-state index in [1.165, 1.54) is 24.3 Å². The summed E-state index contributed by atoms with van der Waals surface area (Å²) in [4.78, 5) is 11.9. The summed E-state index contributed by atoms with van der Waals surface area (Å²) in [7, 11) is -4.73. The number of amides is 2. The summed E-state index contributed by atoms with van der Waals surface area (Å²) in [5.41, 5.74) is 1.23. The Labute approximate surface area is 232 Å². The first kappa shape index (κ1) is 28.0. The summed E-state index contributed by atoms with van der Waals surface area (Å²) in [6, 6.07) is 10.9. The summed E-state index contributed by atoms with van der Waals surface area (Å²) >= 11 is 24.1. The number of carbonyl (C=O) groups is 1. The first-order chi connectivity index (χ1) is 15.0. The zero-order valence-corrected chi connectivity index (χ0v) is 23.0. The van der Waals surface area contributed by atoms with E-state index in [4.69, 9.17) is 51.1 Å². The second kappa shape index (κ2) is 11.5. The monoisotopic (exact) mass is 557 g/mol. The van der Waals surface area contributed by atoms with Gasteiger partial charge in [0, 0.05) is 10.0 Å².